The number of aromatic nitrogens is 1. The zero-order chi connectivity index (χ0) is 10.9. The first-order chi connectivity index (χ1) is 6.45. The maximum Gasteiger partial charge on any atom is 0.340 e. The molecule has 1 heterocycles. The van der Waals surface area contributed by atoms with Crippen molar-refractivity contribution < 1.29 is 23.1 Å². The summed E-state index contributed by atoms with van der Waals surface area (Å²) in [6, 6.07) is 0. The summed E-state index contributed by atoms with van der Waals surface area (Å²) in [6.07, 6.45) is -2.36. The third-order valence-corrected chi connectivity index (χ3v) is 2.31. The predicted molar refractivity (Wildman–Crippen MR) is 48.8 cm³/mol. The van der Waals surface area contributed by atoms with Crippen molar-refractivity contribution in [1.29, 1.82) is 0 Å². The minimum atomic E-state index is -3.08. The van der Waals surface area contributed by atoms with E-state index >= 15 is 0 Å². The van der Waals surface area contributed by atoms with E-state index in [2.05, 4.69) is 4.98 Å². The largest absolute Gasteiger partial charge is 0.478 e. The molecule has 0 bridgehead atoms. The fraction of sp³-hybridized carbons (Fsp3) is 0.143. The fourth-order valence-electron chi connectivity index (χ4n) is 0.818. The van der Waals surface area contributed by atoms with Crippen molar-refractivity contribution in [1.82, 2.24) is 4.98 Å². The van der Waals surface area contributed by atoms with E-state index in [1.54, 1.807) is 0 Å². The van der Waals surface area contributed by atoms with Crippen molar-refractivity contribution in [2.75, 3.05) is 0 Å². The number of halogens is 4. The average molecular weight is 317 g/mol. The second-order valence-corrected chi connectivity index (χ2v) is 3.32. The van der Waals surface area contributed by atoms with Gasteiger partial charge in [0.25, 0.3) is 6.43 Å². The lowest BCUT2D eigenvalue weighted by molar-refractivity contribution is 0.0689. The molecule has 1 rings (SSSR count). The molecule has 0 amide bonds. The van der Waals surface area contributed by atoms with Crippen molar-refractivity contribution in [3.8, 4) is 0 Å². The highest BCUT2D eigenvalue weighted by Crippen LogP contribution is 2.27. The van der Waals surface area contributed by atoms with Crippen LogP contribution in [0.4, 0.5) is 13.2 Å². The van der Waals surface area contributed by atoms with Gasteiger partial charge in [0, 0.05) is 6.20 Å². The number of alkyl halides is 2. The van der Waals surface area contributed by atoms with E-state index in [0.717, 1.165) is 0 Å². The molecule has 0 spiro atoms. The molecule has 0 saturated heterocycles. The van der Waals surface area contributed by atoms with Crippen LogP contribution >= 0.6 is 22.6 Å². The summed E-state index contributed by atoms with van der Waals surface area (Å²) in [5.41, 5.74) is -1.81. The predicted octanol–water partition coefficient (Wildman–Crippen LogP) is 2.46. The summed E-state index contributed by atoms with van der Waals surface area (Å²) in [5.74, 6) is -3.04. The Labute approximate surface area is 90.1 Å². The Balaban J connectivity index is 3.41. The number of carboxylic acid groups (broad SMARTS) is 1. The molecule has 0 saturated carbocycles. The number of nitrogens with zero attached hydrogens (tertiary/aromatic N) is 1. The Kier molecular flexibility index (Phi) is 3.29. The minimum absolute atomic E-state index is 0.236. The number of carboxylic acids is 1. The van der Waals surface area contributed by atoms with Gasteiger partial charge in [0.1, 0.15) is 9.26 Å². The second kappa shape index (κ2) is 4.11. The molecular weight excluding hydrogens is 314 g/mol. The molecule has 14 heavy (non-hydrogen) atoms. The van der Waals surface area contributed by atoms with Crippen molar-refractivity contribution in [3.63, 3.8) is 0 Å². The lowest BCUT2D eigenvalue weighted by Gasteiger charge is -2.05. The van der Waals surface area contributed by atoms with Crippen LogP contribution < -0.4 is 0 Å². The highest BCUT2D eigenvalue weighted by molar-refractivity contribution is 14.1. The topological polar surface area (TPSA) is 50.2 Å². The van der Waals surface area contributed by atoms with Crippen LogP contribution in [0.2, 0.25) is 0 Å². The van der Waals surface area contributed by atoms with E-state index in [1.165, 1.54) is 22.6 Å². The first kappa shape index (κ1) is 11.2. The Hall–Kier alpha value is -0.860. The zero-order valence-corrected chi connectivity index (χ0v) is 8.63. The number of pyridine rings is 1. The molecule has 0 aliphatic heterocycles. The van der Waals surface area contributed by atoms with Gasteiger partial charge in [-0.25, -0.2) is 22.9 Å². The highest BCUT2D eigenvalue weighted by atomic mass is 127. The van der Waals surface area contributed by atoms with Crippen LogP contribution in [0.15, 0.2) is 6.20 Å². The fourth-order valence-corrected chi connectivity index (χ4v) is 1.43. The molecule has 7 heteroatoms. The van der Waals surface area contributed by atoms with Gasteiger partial charge in [0.05, 0.1) is 5.56 Å². The molecule has 0 unspecified atom stereocenters. The molecule has 1 aromatic rings. The van der Waals surface area contributed by atoms with Crippen LogP contribution in [0.5, 0.6) is 0 Å². The molecular formula is C7H3F3INO2. The molecule has 0 aliphatic rings. The van der Waals surface area contributed by atoms with E-state index in [1.807, 2.05) is 0 Å². The summed E-state index contributed by atoms with van der Waals surface area (Å²) in [6.45, 7) is 0. The van der Waals surface area contributed by atoms with Gasteiger partial charge >= 0.3 is 5.97 Å². The Morgan fingerprint density at radius 1 is 1.57 bits per heavy atom. The smallest absolute Gasteiger partial charge is 0.340 e. The monoisotopic (exact) mass is 317 g/mol. The van der Waals surface area contributed by atoms with Gasteiger partial charge in [-0.3, -0.25) is 0 Å². The van der Waals surface area contributed by atoms with Gasteiger partial charge in [-0.15, -0.1) is 0 Å². The molecule has 0 fully saturated rings. The number of aromatic carboxylic acids is 1. The van der Waals surface area contributed by atoms with Gasteiger partial charge in [0.15, 0.2) is 5.82 Å². The van der Waals surface area contributed by atoms with Crippen molar-refractivity contribution in [2.45, 2.75) is 6.43 Å². The Morgan fingerprint density at radius 3 is 2.57 bits per heavy atom. The number of carbonyl (C=O) groups is 1. The molecule has 0 atom stereocenters. The van der Waals surface area contributed by atoms with Gasteiger partial charge in [-0.2, -0.15) is 0 Å². The standard InChI is InChI=1S/C7H3F3INO2/c8-4-2(7(13)14)1-12-6(11)3(4)5(9)10/h1,5H,(H,13,14). The van der Waals surface area contributed by atoms with Crippen molar-refractivity contribution in [2.24, 2.45) is 0 Å². The Bertz CT molecular complexity index is 383. The summed E-state index contributed by atoms with van der Waals surface area (Å²) < 4.78 is 37.4. The van der Waals surface area contributed by atoms with Crippen molar-refractivity contribution >= 4 is 28.6 Å². The first-order valence-corrected chi connectivity index (χ1v) is 4.38. The molecule has 1 aromatic heterocycles. The molecule has 1 N–H and O–H groups in total. The van der Waals surface area contributed by atoms with Crippen LogP contribution in [0, 0.1) is 9.52 Å². The number of rotatable bonds is 2. The van der Waals surface area contributed by atoms with Crippen LogP contribution in [0.3, 0.4) is 0 Å². The molecule has 0 radical (unpaired) electrons. The van der Waals surface area contributed by atoms with Crippen molar-refractivity contribution in [3.05, 3.63) is 26.8 Å². The van der Waals surface area contributed by atoms with Gasteiger partial charge in [-0.1, -0.05) is 0 Å². The quantitative estimate of drug-likeness (QED) is 0.673. The van der Waals surface area contributed by atoms with Crippen LogP contribution in [0.25, 0.3) is 0 Å². The average Bonchev–Trinajstić information content (AvgIpc) is 2.02. The van der Waals surface area contributed by atoms with Gasteiger partial charge < -0.3 is 5.11 Å². The second-order valence-electron chi connectivity index (χ2n) is 2.30. The van der Waals surface area contributed by atoms with Crippen LogP contribution in [-0.2, 0) is 0 Å². The number of hydrogen-bond donors (Lipinski definition) is 1. The Morgan fingerprint density at radius 2 is 2.14 bits per heavy atom. The third-order valence-electron chi connectivity index (χ3n) is 1.45. The SMILES string of the molecule is O=C(O)c1cnc(I)c(C(F)F)c1F. The maximum absolute atomic E-state index is 13.1. The molecule has 0 aliphatic carbocycles. The van der Waals surface area contributed by atoms with Gasteiger partial charge in [0.2, 0.25) is 0 Å². The number of hydrogen-bond acceptors (Lipinski definition) is 2. The molecule has 3 nitrogen and oxygen atoms in total. The first-order valence-electron chi connectivity index (χ1n) is 3.30. The normalized spacial score (nSPS) is 10.6. The van der Waals surface area contributed by atoms with E-state index in [9.17, 15) is 18.0 Å². The lowest BCUT2D eigenvalue weighted by Crippen LogP contribution is -2.07. The highest BCUT2D eigenvalue weighted by Gasteiger charge is 2.23. The lowest BCUT2D eigenvalue weighted by atomic mass is 10.2. The minimum Gasteiger partial charge on any atom is -0.478 e. The molecule has 76 valence electrons. The summed E-state index contributed by atoms with van der Waals surface area (Å²) in [4.78, 5) is 13.7. The van der Waals surface area contributed by atoms with Crippen LogP contribution in [0.1, 0.15) is 22.3 Å². The van der Waals surface area contributed by atoms with E-state index < -0.39 is 29.3 Å². The zero-order valence-electron chi connectivity index (χ0n) is 6.47. The maximum atomic E-state index is 13.1. The summed E-state index contributed by atoms with van der Waals surface area (Å²) in [7, 11) is 0. The van der Waals surface area contributed by atoms with E-state index in [0.29, 0.717) is 6.20 Å². The summed E-state index contributed by atoms with van der Waals surface area (Å²) in [5, 5.41) is 8.44. The van der Waals surface area contributed by atoms with E-state index in [4.69, 9.17) is 5.11 Å². The van der Waals surface area contributed by atoms with E-state index in [-0.39, 0.29) is 3.70 Å². The molecule has 0 aromatic carbocycles. The summed E-state index contributed by atoms with van der Waals surface area (Å²) >= 11 is 1.42. The third kappa shape index (κ3) is 1.97. The van der Waals surface area contributed by atoms with Crippen LogP contribution in [-0.4, -0.2) is 16.1 Å². The van der Waals surface area contributed by atoms with Gasteiger partial charge in [-0.05, 0) is 22.6 Å².